The lowest BCUT2D eigenvalue weighted by molar-refractivity contribution is 0.152. The normalized spacial score (nSPS) is 12.8. The highest BCUT2D eigenvalue weighted by molar-refractivity contribution is 6.31. The number of aliphatic hydroxyl groups is 1. The van der Waals surface area contributed by atoms with E-state index in [-0.39, 0.29) is 5.82 Å². The van der Waals surface area contributed by atoms with Crippen molar-refractivity contribution < 1.29 is 13.9 Å². The zero-order chi connectivity index (χ0) is 14.1. The summed E-state index contributed by atoms with van der Waals surface area (Å²) < 4.78 is 18.7. The van der Waals surface area contributed by atoms with Crippen LogP contribution in [0.3, 0.4) is 0 Å². The molecule has 3 aromatic rings. The quantitative estimate of drug-likeness (QED) is 0.770. The summed E-state index contributed by atoms with van der Waals surface area (Å²) in [6.45, 7) is 0. The maximum absolute atomic E-state index is 13.1. The molecule has 1 unspecified atom stereocenters. The summed E-state index contributed by atoms with van der Waals surface area (Å²) >= 11 is 5.91. The molecule has 2 nitrogen and oxygen atoms in total. The van der Waals surface area contributed by atoms with E-state index in [1.54, 1.807) is 36.4 Å². The van der Waals surface area contributed by atoms with Crippen molar-refractivity contribution in [1.82, 2.24) is 0 Å². The minimum Gasteiger partial charge on any atom is -0.458 e. The molecule has 0 spiro atoms. The van der Waals surface area contributed by atoms with Gasteiger partial charge in [-0.1, -0.05) is 23.7 Å². The van der Waals surface area contributed by atoms with Crippen molar-refractivity contribution in [1.29, 1.82) is 0 Å². The SMILES string of the molecule is OC(Cc1cccc(F)c1)c1cc2cc(Cl)ccc2o1. The van der Waals surface area contributed by atoms with Crippen molar-refractivity contribution in [2.24, 2.45) is 0 Å². The van der Waals surface area contributed by atoms with Crippen molar-refractivity contribution in [2.75, 3.05) is 0 Å². The van der Waals surface area contributed by atoms with Gasteiger partial charge in [-0.05, 0) is 42.0 Å². The molecule has 0 radical (unpaired) electrons. The van der Waals surface area contributed by atoms with Crippen molar-refractivity contribution in [3.63, 3.8) is 0 Å². The zero-order valence-corrected chi connectivity index (χ0v) is 11.3. The number of fused-ring (bicyclic) bond motifs is 1. The molecule has 1 N–H and O–H groups in total. The van der Waals surface area contributed by atoms with Gasteiger partial charge < -0.3 is 9.52 Å². The lowest BCUT2D eigenvalue weighted by Gasteiger charge is -2.07. The van der Waals surface area contributed by atoms with E-state index in [0.717, 1.165) is 10.9 Å². The van der Waals surface area contributed by atoms with E-state index in [0.29, 0.717) is 22.8 Å². The van der Waals surface area contributed by atoms with Crippen LogP contribution in [0, 0.1) is 5.82 Å². The van der Waals surface area contributed by atoms with Gasteiger partial charge in [0, 0.05) is 16.8 Å². The van der Waals surface area contributed by atoms with Crippen LogP contribution < -0.4 is 0 Å². The molecular formula is C16H12ClFO2. The molecule has 1 heterocycles. The lowest BCUT2D eigenvalue weighted by atomic mass is 10.1. The summed E-state index contributed by atoms with van der Waals surface area (Å²) in [5.74, 6) is 0.137. The number of benzene rings is 2. The highest BCUT2D eigenvalue weighted by Gasteiger charge is 2.14. The number of hydrogen-bond donors (Lipinski definition) is 1. The fraction of sp³-hybridized carbons (Fsp3) is 0.125. The van der Waals surface area contributed by atoms with Crippen LogP contribution in [0.2, 0.25) is 5.02 Å². The fourth-order valence-electron chi connectivity index (χ4n) is 2.19. The molecule has 3 rings (SSSR count). The highest BCUT2D eigenvalue weighted by Crippen LogP contribution is 2.28. The maximum Gasteiger partial charge on any atom is 0.134 e. The molecule has 0 aliphatic rings. The zero-order valence-electron chi connectivity index (χ0n) is 10.5. The summed E-state index contributed by atoms with van der Waals surface area (Å²) in [6.07, 6.45) is -0.520. The molecule has 0 fully saturated rings. The van der Waals surface area contributed by atoms with Gasteiger partial charge in [0.1, 0.15) is 23.3 Å². The van der Waals surface area contributed by atoms with Gasteiger partial charge >= 0.3 is 0 Å². The number of hydrogen-bond acceptors (Lipinski definition) is 2. The summed E-state index contributed by atoms with van der Waals surface area (Å²) in [5.41, 5.74) is 1.39. The van der Waals surface area contributed by atoms with Gasteiger partial charge in [-0.3, -0.25) is 0 Å². The highest BCUT2D eigenvalue weighted by atomic mass is 35.5. The number of halogens is 2. The van der Waals surface area contributed by atoms with Gasteiger partial charge in [-0.15, -0.1) is 0 Å². The van der Waals surface area contributed by atoms with E-state index in [9.17, 15) is 9.50 Å². The van der Waals surface area contributed by atoms with E-state index < -0.39 is 6.10 Å². The second-order valence-electron chi connectivity index (χ2n) is 4.68. The molecule has 4 heteroatoms. The summed E-state index contributed by atoms with van der Waals surface area (Å²) in [6, 6.07) is 13.2. The van der Waals surface area contributed by atoms with Crippen molar-refractivity contribution in [3.05, 3.63) is 70.7 Å². The first-order chi connectivity index (χ1) is 9.61. The Morgan fingerprint density at radius 1 is 1.15 bits per heavy atom. The standard InChI is InChI=1S/C16H12ClFO2/c17-12-4-5-15-11(8-12)9-16(20-15)14(19)7-10-2-1-3-13(18)6-10/h1-6,8-9,14,19H,7H2. The monoisotopic (exact) mass is 290 g/mol. The van der Waals surface area contributed by atoms with E-state index in [2.05, 4.69) is 0 Å². The van der Waals surface area contributed by atoms with Crippen LogP contribution in [0.25, 0.3) is 11.0 Å². The average molecular weight is 291 g/mol. The van der Waals surface area contributed by atoms with Gasteiger partial charge in [0.15, 0.2) is 0 Å². The first kappa shape index (κ1) is 13.2. The van der Waals surface area contributed by atoms with Crippen molar-refractivity contribution >= 4 is 22.6 Å². The predicted molar refractivity (Wildman–Crippen MR) is 76.3 cm³/mol. The maximum atomic E-state index is 13.1. The van der Waals surface area contributed by atoms with Crippen molar-refractivity contribution in [3.8, 4) is 0 Å². The Hall–Kier alpha value is -1.84. The number of aliphatic hydroxyl groups excluding tert-OH is 1. The van der Waals surface area contributed by atoms with Gasteiger partial charge in [-0.25, -0.2) is 4.39 Å². The van der Waals surface area contributed by atoms with E-state index >= 15 is 0 Å². The Kier molecular flexibility index (Phi) is 3.47. The summed E-state index contributed by atoms with van der Waals surface area (Å²) in [7, 11) is 0. The fourth-order valence-corrected chi connectivity index (χ4v) is 2.37. The third-order valence-electron chi connectivity index (χ3n) is 3.14. The van der Waals surface area contributed by atoms with E-state index in [4.69, 9.17) is 16.0 Å². The molecule has 102 valence electrons. The molecule has 2 aromatic carbocycles. The Labute approximate surface area is 120 Å². The van der Waals surface area contributed by atoms with Crippen LogP contribution in [-0.2, 0) is 6.42 Å². The van der Waals surface area contributed by atoms with Crippen LogP contribution in [0.1, 0.15) is 17.4 Å². The number of rotatable bonds is 3. The van der Waals surface area contributed by atoms with Crippen LogP contribution in [-0.4, -0.2) is 5.11 Å². The Balaban J connectivity index is 1.86. The van der Waals surface area contributed by atoms with Gasteiger partial charge in [0.05, 0.1) is 0 Å². The largest absolute Gasteiger partial charge is 0.458 e. The smallest absolute Gasteiger partial charge is 0.134 e. The first-order valence-electron chi connectivity index (χ1n) is 6.23. The van der Waals surface area contributed by atoms with E-state index in [1.807, 2.05) is 0 Å². The molecule has 0 amide bonds. The minimum atomic E-state index is -0.817. The molecule has 0 saturated heterocycles. The Morgan fingerprint density at radius 3 is 2.80 bits per heavy atom. The van der Waals surface area contributed by atoms with Gasteiger partial charge in [0.25, 0.3) is 0 Å². The van der Waals surface area contributed by atoms with Crippen LogP contribution in [0.5, 0.6) is 0 Å². The van der Waals surface area contributed by atoms with E-state index in [1.165, 1.54) is 12.1 Å². The Morgan fingerprint density at radius 2 is 2.00 bits per heavy atom. The molecular weight excluding hydrogens is 279 g/mol. The molecule has 0 bridgehead atoms. The van der Waals surface area contributed by atoms with Crippen molar-refractivity contribution in [2.45, 2.75) is 12.5 Å². The minimum absolute atomic E-state index is 0.297. The topological polar surface area (TPSA) is 33.4 Å². The lowest BCUT2D eigenvalue weighted by Crippen LogP contribution is -2.00. The molecule has 0 saturated carbocycles. The summed E-state index contributed by atoms with van der Waals surface area (Å²) in [4.78, 5) is 0. The second kappa shape index (κ2) is 5.27. The summed E-state index contributed by atoms with van der Waals surface area (Å²) in [5, 5.41) is 11.6. The molecule has 20 heavy (non-hydrogen) atoms. The number of furan rings is 1. The van der Waals surface area contributed by atoms with Gasteiger partial charge in [0.2, 0.25) is 0 Å². The predicted octanol–water partition coefficient (Wildman–Crippen LogP) is 4.50. The van der Waals surface area contributed by atoms with Crippen LogP contribution >= 0.6 is 11.6 Å². The molecule has 0 aliphatic heterocycles. The average Bonchev–Trinajstić information content (AvgIpc) is 2.81. The third kappa shape index (κ3) is 2.69. The second-order valence-corrected chi connectivity index (χ2v) is 5.12. The molecule has 1 aromatic heterocycles. The molecule has 0 aliphatic carbocycles. The third-order valence-corrected chi connectivity index (χ3v) is 3.38. The molecule has 1 atom stereocenters. The Bertz CT molecular complexity index is 751. The van der Waals surface area contributed by atoms with Crippen LogP contribution in [0.15, 0.2) is 52.9 Å². The van der Waals surface area contributed by atoms with Gasteiger partial charge in [-0.2, -0.15) is 0 Å². The van der Waals surface area contributed by atoms with Crippen LogP contribution in [0.4, 0.5) is 4.39 Å². The first-order valence-corrected chi connectivity index (χ1v) is 6.61.